The largest absolute Gasteiger partial charge is 0.379 e. The number of nitrogens with zero attached hydrogens (tertiary/aromatic N) is 1. The fourth-order valence-electron chi connectivity index (χ4n) is 2.69. The van der Waals surface area contributed by atoms with Crippen LogP contribution in [-0.4, -0.2) is 57.5 Å². The predicted molar refractivity (Wildman–Crippen MR) is 86.9 cm³/mol. The summed E-state index contributed by atoms with van der Waals surface area (Å²) < 4.78 is 32.1. The van der Waals surface area contributed by atoms with Crippen LogP contribution >= 0.6 is 11.3 Å². The van der Waals surface area contributed by atoms with Gasteiger partial charge in [0, 0.05) is 25.7 Å². The predicted octanol–water partition coefficient (Wildman–Crippen LogP) is 0.236. The normalized spacial score (nSPS) is 21.1. The third kappa shape index (κ3) is 3.58. The molecule has 23 heavy (non-hydrogen) atoms. The summed E-state index contributed by atoms with van der Waals surface area (Å²) >= 11 is 1.14. The first kappa shape index (κ1) is 16.8. The Kier molecular flexibility index (Phi) is 5.02. The maximum atomic E-state index is 12.7. The number of carbonyl (C=O) groups is 1. The molecule has 2 fully saturated rings. The van der Waals surface area contributed by atoms with Crippen molar-refractivity contribution >= 4 is 27.3 Å². The average molecular weight is 359 g/mol. The van der Waals surface area contributed by atoms with Crippen molar-refractivity contribution < 1.29 is 17.9 Å². The van der Waals surface area contributed by atoms with Crippen molar-refractivity contribution in [1.82, 2.24) is 9.62 Å². The lowest BCUT2D eigenvalue weighted by Gasteiger charge is -2.26. The van der Waals surface area contributed by atoms with E-state index in [1.54, 1.807) is 5.38 Å². The molecule has 0 radical (unpaired) electrons. The summed E-state index contributed by atoms with van der Waals surface area (Å²) in [5, 5.41) is 4.52. The number of hydrogen-bond acceptors (Lipinski definition) is 6. The van der Waals surface area contributed by atoms with Crippen LogP contribution in [0.25, 0.3) is 0 Å². The van der Waals surface area contributed by atoms with Crippen molar-refractivity contribution in [2.24, 2.45) is 11.7 Å². The van der Waals surface area contributed by atoms with E-state index in [4.69, 9.17) is 10.5 Å². The minimum absolute atomic E-state index is 0.0773. The van der Waals surface area contributed by atoms with Crippen LogP contribution in [-0.2, 0) is 14.8 Å². The van der Waals surface area contributed by atoms with Gasteiger partial charge in [-0.1, -0.05) is 0 Å². The molecule has 3 N–H and O–H groups in total. The van der Waals surface area contributed by atoms with Crippen LogP contribution in [0, 0.1) is 5.92 Å². The second-order valence-corrected chi connectivity index (χ2v) is 8.61. The van der Waals surface area contributed by atoms with Crippen LogP contribution in [0.2, 0.25) is 0 Å². The maximum absolute atomic E-state index is 12.7. The highest BCUT2D eigenvalue weighted by Crippen LogP contribution is 2.33. The van der Waals surface area contributed by atoms with E-state index in [0.717, 1.165) is 24.2 Å². The number of hydrogen-bond donors (Lipinski definition) is 2. The lowest BCUT2D eigenvalue weighted by atomic mass is 10.2. The smallest absolute Gasteiger partial charge is 0.263 e. The van der Waals surface area contributed by atoms with Crippen molar-refractivity contribution in [3.05, 3.63) is 16.3 Å². The fraction of sp³-hybridized carbons (Fsp3) is 0.643. The van der Waals surface area contributed by atoms with Gasteiger partial charge in [-0.2, -0.15) is 4.31 Å². The standard InChI is InChI=1S/C14H21N3O4S2/c15-9-11(10-1-2-10)16-14(18)13-12(3-8-22-13)23(19,20)17-4-6-21-7-5-17/h3,8,10-11H,1-2,4-7,9,15H2,(H,16,18). The fourth-order valence-corrected chi connectivity index (χ4v) is 5.41. The number of nitrogens with one attached hydrogen (secondary N) is 1. The summed E-state index contributed by atoms with van der Waals surface area (Å²) in [5.74, 6) is 0.0670. The molecule has 1 saturated carbocycles. The number of morpholine rings is 1. The molecule has 2 aliphatic rings. The van der Waals surface area contributed by atoms with Crippen molar-refractivity contribution in [2.75, 3.05) is 32.8 Å². The van der Waals surface area contributed by atoms with Gasteiger partial charge in [0.15, 0.2) is 0 Å². The Morgan fingerprint density at radius 1 is 1.43 bits per heavy atom. The SMILES string of the molecule is NCC(NC(=O)c1sccc1S(=O)(=O)N1CCOCC1)C1CC1. The molecule has 1 aromatic rings. The van der Waals surface area contributed by atoms with Gasteiger partial charge in [0.2, 0.25) is 10.0 Å². The minimum Gasteiger partial charge on any atom is -0.379 e. The first-order valence-corrected chi connectivity index (χ1v) is 10.0. The second kappa shape index (κ2) is 6.86. The van der Waals surface area contributed by atoms with Crippen LogP contribution in [0.3, 0.4) is 0 Å². The number of ether oxygens (including phenoxy) is 1. The average Bonchev–Trinajstić information content (AvgIpc) is 3.28. The Morgan fingerprint density at radius 3 is 2.74 bits per heavy atom. The zero-order chi connectivity index (χ0) is 16.4. The van der Waals surface area contributed by atoms with Gasteiger partial charge in [-0.05, 0) is 30.2 Å². The zero-order valence-electron chi connectivity index (χ0n) is 12.7. The van der Waals surface area contributed by atoms with E-state index in [-0.39, 0.29) is 21.7 Å². The Morgan fingerprint density at radius 2 is 2.13 bits per heavy atom. The van der Waals surface area contributed by atoms with E-state index in [1.165, 1.54) is 10.4 Å². The van der Waals surface area contributed by atoms with Gasteiger partial charge >= 0.3 is 0 Å². The summed E-state index contributed by atoms with van der Waals surface area (Å²) in [6.07, 6.45) is 2.12. The first-order chi connectivity index (χ1) is 11.0. The van der Waals surface area contributed by atoms with Crippen molar-refractivity contribution in [2.45, 2.75) is 23.8 Å². The van der Waals surface area contributed by atoms with Crippen LogP contribution in [0.4, 0.5) is 0 Å². The molecule has 0 bridgehead atoms. The highest BCUT2D eigenvalue weighted by atomic mass is 32.2. The van der Waals surface area contributed by atoms with Gasteiger partial charge in [0.1, 0.15) is 9.77 Å². The zero-order valence-corrected chi connectivity index (χ0v) is 14.4. The van der Waals surface area contributed by atoms with E-state index in [9.17, 15) is 13.2 Å². The van der Waals surface area contributed by atoms with Crippen LogP contribution in [0.15, 0.2) is 16.3 Å². The van der Waals surface area contributed by atoms with Crippen LogP contribution < -0.4 is 11.1 Å². The topological polar surface area (TPSA) is 102 Å². The van der Waals surface area contributed by atoms with E-state index in [0.29, 0.717) is 38.8 Å². The Hall–Kier alpha value is -1.00. The van der Waals surface area contributed by atoms with Gasteiger partial charge in [-0.25, -0.2) is 8.42 Å². The number of amides is 1. The molecule has 1 saturated heterocycles. The van der Waals surface area contributed by atoms with Crippen molar-refractivity contribution in [3.63, 3.8) is 0 Å². The van der Waals surface area contributed by atoms with E-state index in [1.807, 2.05) is 0 Å². The molecule has 0 spiro atoms. The highest BCUT2D eigenvalue weighted by Gasteiger charge is 2.34. The number of rotatable bonds is 6. The molecule has 7 nitrogen and oxygen atoms in total. The molecule has 1 atom stereocenters. The number of sulfonamides is 1. The molecule has 2 heterocycles. The summed E-state index contributed by atoms with van der Waals surface area (Å²) in [4.78, 5) is 12.8. The maximum Gasteiger partial charge on any atom is 0.263 e. The first-order valence-electron chi connectivity index (χ1n) is 7.70. The third-order valence-electron chi connectivity index (χ3n) is 4.18. The van der Waals surface area contributed by atoms with E-state index in [2.05, 4.69) is 5.32 Å². The lowest BCUT2D eigenvalue weighted by molar-refractivity contribution is 0.0730. The molecular formula is C14H21N3O4S2. The minimum atomic E-state index is -3.67. The summed E-state index contributed by atoms with van der Waals surface area (Å²) in [5.41, 5.74) is 5.70. The number of thiophene rings is 1. The Labute approximate surface area is 139 Å². The van der Waals surface area contributed by atoms with E-state index < -0.39 is 10.0 Å². The van der Waals surface area contributed by atoms with Crippen molar-refractivity contribution in [1.29, 1.82) is 0 Å². The van der Waals surface area contributed by atoms with Crippen LogP contribution in [0.1, 0.15) is 22.5 Å². The molecule has 3 rings (SSSR count). The molecule has 1 amide bonds. The van der Waals surface area contributed by atoms with E-state index >= 15 is 0 Å². The van der Waals surface area contributed by atoms with Crippen LogP contribution in [0.5, 0.6) is 0 Å². The summed E-state index contributed by atoms with van der Waals surface area (Å²) in [7, 11) is -3.67. The highest BCUT2D eigenvalue weighted by molar-refractivity contribution is 7.89. The molecule has 1 aliphatic heterocycles. The molecule has 0 aromatic carbocycles. The van der Waals surface area contributed by atoms with Gasteiger partial charge in [-0.15, -0.1) is 11.3 Å². The number of nitrogens with two attached hydrogens (primary N) is 1. The quantitative estimate of drug-likeness (QED) is 0.757. The molecule has 1 aromatic heterocycles. The van der Waals surface area contributed by atoms with Gasteiger partial charge < -0.3 is 15.8 Å². The second-order valence-electron chi connectivity index (χ2n) is 5.78. The number of carbonyl (C=O) groups excluding carboxylic acids is 1. The van der Waals surface area contributed by atoms with Crippen molar-refractivity contribution in [3.8, 4) is 0 Å². The monoisotopic (exact) mass is 359 g/mol. The Balaban J connectivity index is 1.79. The summed E-state index contributed by atoms with van der Waals surface area (Å²) in [6, 6.07) is 1.42. The molecule has 128 valence electrons. The molecular weight excluding hydrogens is 338 g/mol. The third-order valence-corrected chi connectivity index (χ3v) is 7.17. The molecule has 9 heteroatoms. The molecule has 1 aliphatic carbocycles. The van der Waals surface area contributed by atoms with Gasteiger partial charge in [0.25, 0.3) is 5.91 Å². The Bertz CT molecular complexity index is 663. The molecule has 1 unspecified atom stereocenters. The van der Waals surface area contributed by atoms with Gasteiger partial charge in [0.05, 0.1) is 13.2 Å². The van der Waals surface area contributed by atoms with Gasteiger partial charge in [-0.3, -0.25) is 4.79 Å². The summed E-state index contributed by atoms with van der Waals surface area (Å²) in [6.45, 7) is 1.75. The lowest BCUT2D eigenvalue weighted by Crippen LogP contribution is -2.43.